The van der Waals surface area contributed by atoms with E-state index < -0.39 is 0 Å². The Hall–Kier alpha value is 0.132. The van der Waals surface area contributed by atoms with Crippen molar-refractivity contribution in [3.63, 3.8) is 0 Å². The average molecular weight is 303 g/mol. The molecule has 0 N–H and O–H groups in total. The first-order valence-corrected chi connectivity index (χ1v) is 1.99. The Morgan fingerprint density at radius 2 is 1.88 bits per heavy atom. The Morgan fingerprint density at radius 1 is 1.50 bits per heavy atom. The minimum absolute atomic E-state index is 0. The summed E-state index contributed by atoms with van der Waals surface area (Å²) in [6.45, 7) is 2.70. The summed E-state index contributed by atoms with van der Waals surface area (Å²) in [7, 11) is 0. The molecule has 0 aromatic heterocycles. The fourth-order valence-corrected chi connectivity index (χ4v) is 0.286. The molecule has 42 valence electrons. The molecule has 0 unspecified atom stereocenters. The summed E-state index contributed by atoms with van der Waals surface area (Å²) >= 11 is 0. The number of hydrogen-bond acceptors (Lipinski definition) is 2. The largest absolute Gasteiger partial charge is 1.00 e. The molecule has 0 radical (unpaired) electrons. The van der Waals surface area contributed by atoms with Crippen LogP contribution in [-0.4, -0.2) is 33.1 Å². The zero-order valence-corrected chi connectivity index (χ0v) is 9.46. The van der Waals surface area contributed by atoms with Crippen molar-refractivity contribution in [1.29, 1.82) is 0 Å². The van der Waals surface area contributed by atoms with Crippen LogP contribution in [0, 0.1) is 0 Å². The van der Waals surface area contributed by atoms with Crippen LogP contribution in [0.3, 0.4) is 0 Å². The summed E-state index contributed by atoms with van der Waals surface area (Å²) < 4.78 is 0. The SMILES string of the molecule is CC(=O)/C=C(/C)[O-].[Tl+]. The maximum atomic E-state index is 9.98. The standard InChI is InChI=1S/C5H8O2.Tl/c1-4(6)3-5(2)7;/h3,6H,1-2H3;/q;+1/p-1/b4-3-;. The molecule has 0 saturated carbocycles. The normalized spacial score (nSPS) is 10.0. The third-order valence-electron chi connectivity index (χ3n) is 0.407. The van der Waals surface area contributed by atoms with Gasteiger partial charge in [-0.1, -0.05) is 6.92 Å². The Bertz CT molecular complexity index is 103. The summed E-state index contributed by atoms with van der Waals surface area (Å²) in [5, 5.41) is 9.98. The first-order valence-electron chi connectivity index (χ1n) is 1.99. The molecule has 0 aliphatic rings. The first-order chi connectivity index (χ1) is 3.13. The molecule has 0 bridgehead atoms. The van der Waals surface area contributed by atoms with Crippen LogP contribution in [0.1, 0.15) is 13.8 Å². The summed E-state index contributed by atoms with van der Waals surface area (Å²) in [5.74, 6) is -0.375. The summed E-state index contributed by atoms with van der Waals surface area (Å²) in [6.07, 6.45) is 1.06. The number of allylic oxidation sites excluding steroid dienone is 2. The van der Waals surface area contributed by atoms with Gasteiger partial charge in [-0.25, -0.2) is 0 Å². The topological polar surface area (TPSA) is 40.1 Å². The molecule has 0 aliphatic carbocycles. The van der Waals surface area contributed by atoms with E-state index in [-0.39, 0.29) is 38.8 Å². The van der Waals surface area contributed by atoms with Crippen molar-refractivity contribution in [2.75, 3.05) is 0 Å². The smallest absolute Gasteiger partial charge is 0.876 e. The van der Waals surface area contributed by atoms with Gasteiger partial charge in [-0.3, -0.25) is 4.79 Å². The van der Waals surface area contributed by atoms with E-state index in [1.54, 1.807) is 0 Å². The van der Waals surface area contributed by atoms with Crippen LogP contribution in [0.25, 0.3) is 0 Å². The summed E-state index contributed by atoms with van der Waals surface area (Å²) in [4.78, 5) is 9.98. The fraction of sp³-hybridized carbons (Fsp3) is 0.400. The molecule has 0 fully saturated rings. The van der Waals surface area contributed by atoms with Gasteiger partial charge in [0.25, 0.3) is 0 Å². The fourth-order valence-electron chi connectivity index (χ4n) is 0.286. The van der Waals surface area contributed by atoms with E-state index in [0.29, 0.717) is 0 Å². The number of carbonyl (C=O) groups is 1. The minimum atomic E-state index is -0.187. The molecule has 0 aromatic carbocycles. The molecule has 0 amide bonds. The van der Waals surface area contributed by atoms with Crippen molar-refractivity contribution in [3.05, 3.63) is 11.8 Å². The molecule has 0 rings (SSSR count). The molecule has 0 saturated heterocycles. The van der Waals surface area contributed by atoms with E-state index in [1.807, 2.05) is 0 Å². The van der Waals surface area contributed by atoms with Gasteiger partial charge in [-0.05, 0) is 13.0 Å². The molecular weight excluding hydrogens is 296 g/mol. The average Bonchev–Trinajstić information content (AvgIpc) is 1.27. The third kappa shape index (κ3) is 9.46. The number of carbonyl (C=O) groups excluding carboxylic acids is 1. The monoisotopic (exact) mass is 304 g/mol. The Morgan fingerprint density at radius 3 is 1.88 bits per heavy atom. The van der Waals surface area contributed by atoms with Crippen molar-refractivity contribution in [2.45, 2.75) is 13.8 Å². The summed E-state index contributed by atoms with van der Waals surface area (Å²) in [6, 6.07) is 0. The van der Waals surface area contributed by atoms with Crippen molar-refractivity contribution in [2.24, 2.45) is 0 Å². The first kappa shape index (κ1) is 11.0. The van der Waals surface area contributed by atoms with Crippen LogP contribution in [0.4, 0.5) is 0 Å². The number of ketones is 1. The second-order valence-electron chi connectivity index (χ2n) is 1.37. The van der Waals surface area contributed by atoms with Gasteiger partial charge in [-0.2, -0.15) is 0 Å². The molecule has 2 nitrogen and oxygen atoms in total. The zero-order chi connectivity index (χ0) is 5.86. The van der Waals surface area contributed by atoms with Crippen LogP contribution in [0.5, 0.6) is 0 Å². The van der Waals surface area contributed by atoms with Gasteiger partial charge in [0, 0.05) is 0 Å². The van der Waals surface area contributed by atoms with Crippen LogP contribution < -0.4 is 5.11 Å². The van der Waals surface area contributed by atoms with E-state index >= 15 is 0 Å². The Labute approximate surface area is 68.7 Å². The molecule has 0 aromatic rings. The van der Waals surface area contributed by atoms with E-state index in [9.17, 15) is 9.90 Å². The molecule has 0 aliphatic heterocycles. The van der Waals surface area contributed by atoms with Gasteiger partial charge in [0.2, 0.25) is 0 Å². The second-order valence-corrected chi connectivity index (χ2v) is 1.37. The second kappa shape index (κ2) is 5.27. The molecule has 0 heterocycles. The van der Waals surface area contributed by atoms with E-state index in [1.165, 1.54) is 13.8 Å². The van der Waals surface area contributed by atoms with Gasteiger partial charge < -0.3 is 5.11 Å². The Kier molecular flexibility index (Phi) is 7.25. The van der Waals surface area contributed by atoms with Crippen molar-refractivity contribution < 1.29 is 9.90 Å². The van der Waals surface area contributed by atoms with E-state index in [4.69, 9.17) is 0 Å². The number of hydrogen-bond donors (Lipinski definition) is 0. The van der Waals surface area contributed by atoms with Crippen molar-refractivity contribution in [3.8, 4) is 0 Å². The maximum Gasteiger partial charge on any atom is 1.00 e. The quantitative estimate of drug-likeness (QED) is 0.371. The molecule has 3 heteroatoms. The van der Waals surface area contributed by atoms with Gasteiger partial charge >= 0.3 is 27.3 Å². The molecular formula is C5H7O2Tl. The van der Waals surface area contributed by atoms with Crippen molar-refractivity contribution >= 4 is 33.1 Å². The van der Waals surface area contributed by atoms with Crippen LogP contribution in [0.2, 0.25) is 0 Å². The van der Waals surface area contributed by atoms with E-state index in [0.717, 1.165) is 6.08 Å². The van der Waals surface area contributed by atoms with Crippen LogP contribution >= 0.6 is 0 Å². The van der Waals surface area contributed by atoms with Gasteiger partial charge in [0.05, 0.1) is 0 Å². The molecule has 0 spiro atoms. The number of rotatable bonds is 1. The summed E-state index contributed by atoms with van der Waals surface area (Å²) in [5.41, 5.74) is 0. The van der Waals surface area contributed by atoms with Gasteiger partial charge in [0.15, 0.2) is 5.78 Å². The predicted molar refractivity (Wildman–Crippen MR) is 30.2 cm³/mol. The Balaban J connectivity index is 0. The van der Waals surface area contributed by atoms with Crippen LogP contribution in [-0.2, 0) is 4.79 Å². The van der Waals surface area contributed by atoms with Gasteiger partial charge in [-0.15, -0.1) is 5.76 Å². The predicted octanol–water partition coefficient (Wildman–Crippen LogP) is -0.541. The molecule has 0 atom stereocenters. The molecule has 8 heavy (non-hydrogen) atoms. The van der Waals surface area contributed by atoms with Gasteiger partial charge in [0.1, 0.15) is 0 Å². The minimum Gasteiger partial charge on any atom is -0.876 e. The zero-order valence-electron chi connectivity index (χ0n) is 4.97. The van der Waals surface area contributed by atoms with Crippen LogP contribution in [0.15, 0.2) is 11.8 Å². The third-order valence-corrected chi connectivity index (χ3v) is 0.407. The maximum absolute atomic E-state index is 9.98. The van der Waals surface area contributed by atoms with E-state index in [2.05, 4.69) is 0 Å². The van der Waals surface area contributed by atoms with Crippen molar-refractivity contribution in [1.82, 2.24) is 0 Å².